The van der Waals surface area contributed by atoms with Crippen LogP contribution in [0.15, 0.2) is 53.1 Å². The first kappa shape index (κ1) is 21.1. The molecule has 0 saturated carbocycles. The number of nitrogens with zero attached hydrogens (tertiary/aromatic N) is 2. The Hall–Kier alpha value is -2.64. The Morgan fingerprint density at radius 1 is 1.07 bits per heavy atom. The van der Waals surface area contributed by atoms with Gasteiger partial charge in [0.1, 0.15) is 5.76 Å². The van der Waals surface area contributed by atoms with E-state index >= 15 is 0 Å². The Bertz CT molecular complexity index is 756. The fourth-order valence-electron chi connectivity index (χ4n) is 3.46. The van der Waals surface area contributed by atoms with Gasteiger partial charge in [-0.3, -0.25) is 19.8 Å². The number of hydrogen-bond donors (Lipinski definition) is 2. The van der Waals surface area contributed by atoms with Gasteiger partial charge in [-0.05, 0) is 24.1 Å². The highest BCUT2D eigenvalue weighted by molar-refractivity contribution is 5.79. The van der Waals surface area contributed by atoms with Crippen molar-refractivity contribution in [3.63, 3.8) is 0 Å². The first-order valence-corrected chi connectivity index (χ1v) is 10.3. The molecule has 1 aromatic heterocycles. The van der Waals surface area contributed by atoms with Crippen molar-refractivity contribution in [1.29, 1.82) is 0 Å². The van der Waals surface area contributed by atoms with Crippen molar-refractivity contribution in [2.45, 2.75) is 19.4 Å². The molecular formula is C22H30N4O3. The number of carbonyl (C=O) groups excluding carboxylic acids is 2. The highest BCUT2D eigenvalue weighted by atomic mass is 16.3. The van der Waals surface area contributed by atoms with E-state index in [1.165, 1.54) is 0 Å². The zero-order chi connectivity index (χ0) is 20.5. The van der Waals surface area contributed by atoms with Gasteiger partial charge in [0.05, 0.1) is 25.4 Å². The topological polar surface area (TPSA) is 77.8 Å². The van der Waals surface area contributed by atoms with Gasteiger partial charge in [-0.2, -0.15) is 0 Å². The summed E-state index contributed by atoms with van der Waals surface area (Å²) < 4.78 is 5.57. The lowest BCUT2D eigenvalue weighted by Gasteiger charge is -2.34. The van der Waals surface area contributed by atoms with Gasteiger partial charge < -0.3 is 14.6 Å². The van der Waals surface area contributed by atoms with Crippen LogP contribution in [-0.4, -0.2) is 67.4 Å². The first-order chi connectivity index (χ1) is 14.2. The minimum absolute atomic E-state index is 0.0532. The van der Waals surface area contributed by atoms with Gasteiger partial charge in [0.15, 0.2) is 0 Å². The molecule has 7 nitrogen and oxygen atoms in total. The Kier molecular flexibility index (Phi) is 7.84. The third-order valence-corrected chi connectivity index (χ3v) is 5.08. The maximum Gasteiger partial charge on any atom is 0.236 e. The number of rotatable bonds is 9. The highest BCUT2D eigenvalue weighted by Gasteiger charge is 2.24. The Morgan fingerprint density at radius 3 is 2.48 bits per heavy atom. The Balaban J connectivity index is 1.48. The maximum absolute atomic E-state index is 12.7. The summed E-state index contributed by atoms with van der Waals surface area (Å²) in [6, 6.07) is 13.6. The molecule has 0 bridgehead atoms. The van der Waals surface area contributed by atoms with E-state index in [9.17, 15) is 9.59 Å². The fourth-order valence-corrected chi connectivity index (χ4v) is 3.46. The van der Waals surface area contributed by atoms with E-state index in [0.29, 0.717) is 39.3 Å². The zero-order valence-electron chi connectivity index (χ0n) is 17.0. The smallest absolute Gasteiger partial charge is 0.236 e. The molecule has 2 amide bonds. The van der Waals surface area contributed by atoms with Crippen molar-refractivity contribution >= 4 is 11.8 Å². The second-order valence-corrected chi connectivity index (χ2v) is 7.25. The van der Waals surface area contributed by atoms with Gasteiger partial charge >= 0.3 is 0 Å². The summed E-state index contributed by atoms with van der Waals surface area (Å²) >= 11 is 0. The van der Waals surface area contributed by atoms with Crippen molar-refractivity contribution < 1.29 is 14.0 Å². The van der Waals surface area contributed by atoms with Crippen LogP contribution in [0.2, 0.25) is 0 Å². The molecule has 2 aromatic rings. The molecule has 0 spiro atoms. The van der Waals surface area contributed by atoms with Crippen LogP contribution in [0.4, 0.5) is 0 Å². The van der Waals surface area contributed by atoms with Crippen molar-refractivity contribution in [2.75, 3.05) is 45.8 Å². The van der Waals surface area contributed by atoms with Crippen LogP contribution in [0, 0.1) is 0 Å². The van der Waals surface area contributed by atoms with Crippen LogP contribution in [0.25, 0.3) is 0 Å². The quantitative estimate of drug-likeness (QED) is 0.671. The van der Waals surface area contributed by atoms with Crippen LogP contribution in [0.3, 0.4) is 0 Å². The van der Waals surface area contributed by atoms with Gasteiger partial charge in [0.25, 0.3) is 0 Å². The van der Waals surface area contributed by atoms with E-state index < -0.39 is 0 Å². The van der Waals surface area contributed by atoms with Gasteiger partial charge in [-0.15, -0.1) is 0 Å². The predicted molar refractivity (Wildman–Crippen MR) is 111 cm³/mol. The molecule has 1 aliphatic heterocycles. The highest BCUT2D eigenvalue weighted by Crippen LogP contribution is 2.22. The molecule has 0 aliphatic carbocycles. The lowest BCUT2D eigenvalue weighted by atomic mass is 10.0. The molecule has 7 heteroatoms. The van der Waals surface area contributed by atoms with Crippen molar-refractivity contribution in [3.8, 4) is 0 Å². The lowest BCUT2D eigenvalue weighted by molar-refractivity contribution is -0.132. The third-order valence-electron chi connectivity index (χ3n) is 5.08. The third kappa shape index (κ3) is 6.17. The summed E-state index contributed by atoms with van der Waals surface area (Å²) in [6.45, 7) is 6.08. The second kappa shape index (κ2) is 10.8. The summed E-state index contributed by atoms with van der Waals surface area (Å²) in [5.74, 6) is 0.900. The summed E-state index contributed by atoms with van der Waals surface area (Å²) in [5, 5.41) is 6.23. The van der Waals surface area contributed by atoms with Gasteiger partial charge in [-0.1, -0.05) is 37.3 Å². The van der Waals surface area contributed by atoms with E-state index in [2.05, 4.69) is 15.5 Å². The average Bonchev–Trinajstić information content (AvgIpc) is 3.28. The first-order valence-electron chi connectivity index (χ1n) is 10.3. The molecule has 156 valence electrons. The van der Waals surface area contributed by atoms with Crippen LogP contribution < -0.4 is 10.6 Å². The minimum atomic E-state index is -0.168. The number of furan rings is 1. The molecule has 1 fully saturated rings. The lowest BCUT2D eigenvalue weighted by Crippen LogP contribution is -2.52. The van der Waals surface area contributed by atoms with Crippen molar-refractivity contribution in [1.82, 2.24) is 20.4 Å². The normalized spacial score (nSPS) is 15.8. The van der Waals surface area contributed by atoms with Gasteiger partial charge in [0.2, 0.25) is 11.8 Å². The second-order valence-electron chi connectivity index (χ2n) is 7.25. The van der Waals surface area contributed by atoms with E-state index in [1.807, 2.05) is 54.3 Å². The molecule has 0 radical (unpaired) electrons. The number of carbonyl (C=O) groups is 2. The predicted octanol–water partition coefficient (Wildman–Crippen LogP) is 1.63. The molecule has 1 saturated heterocycles. The molecule has 1 aliphatic rings. The van der Waals surface area contributed by atoms with Gasteiger partial charge in [-0.25, -0.2) is 0 Å². The molecule has 2 heterocycles. The molecule has 0 unspecified atom stereocenters. The van der Waals surface area contributed by atoms with E-state index in [-0.39, 0.29) is 24.4 Å². The van der Waals surface area contributed by atoms with Crippen LogP contribution in [0.1, 0.15) is 30.7 Å². The summed E-state index contributed by atoms with van der Waals surface area (Å²) in [5.41, 5.74) is 1.05. The largest absolute Gasteiger partial charge is 0.467 e. The summed E-state index contributed by atoms with van der Waals surface area (Å²) in [6.07, 6.45) is 2.58. The number of hydrogen-bond acceptors (Lipinski definition) is 5. The SMILES string of the molecule is CCCNC(=O)CN1CCN(C(=O)CN[C@@H](c2ccccc2)c2ccco2)CC1. The van der Waals surface area contributed by atoms with Crippen LogP contribution in [0.5, 0.6) is 0 Å². The summed E-state index contributed by atoms with van der Waals surface area (Å²) in [7, 11) is 0. The fraction of sp³-hybridized carbons (Fsp3) is 0.455. The molecule has 29 heavy (non-hydrogen) atoms. The number of piperazine rings is 1. The van der Waals surface area contributed by atoms with E-state index in [1.54, 1.807) is 6.26 Å². The Labute approximate surface area is 172 Å². The monoisotopic (exact) mass is 398 g/mol. The van der Waals surface area contributed by atoms with Crippen LogP contribution >= 0.6 is 0 Å². The average molecular weight is 399 g/mol. The van der Waals surface area contributed by atoms with E-state index in [0.717, 1.165) is 17.7 Å². The number of nitrogens with one attached hydrogen (secondary N) is 2. The maximum atomic E-state index is 12.7. The van der Waals surface area contributed by atoms with Crippen molar-refractivity contribution in [3.05, 3.63) is 60.1 Å². The number of benzene rings is 1. The van der Waals surface area contributed by atoms with Crippen LogP contribution in [-0.2, 0) is 9.59 Å². The molecule has 3 rings (SSSR count). The van der Waals surface area contributed by atoms with E-state index in [4.69, 9.17) is 4.42 Å². The minimum Gasteiger partial charge on any atom is -0.467 e. The molecule has 2 N–H and O–H groups in total. The standard InChI is InChI=1S/C22H30N4O3/c1-2-10-23-20(27)17-25-11-13-26(14-12-25)21(28)16-24-22(19-9-6-15-29-19)18-7-4-3-5-8-18/h3-9,15,22,24H,2,10-14,16-17H2,1H3,(H,23,27)/t22-/m0/s1. The Morgan fingerprint density at radius 2 is 1.83 bits per heavy atom. The zero-order valence-corrected chi connectivity index (χ0v) is 17.0. The molecular weight excluding hydrogens is 368 g/mol. The molecule has 1 atom stereocenters. The van der Waals surface area contributed by atoms with Crippen molar-refractivity contribution in [2.24, 2.45) is 0 Å². The number of amides is 2. The summed E-state index contributed by atoms with van der Waals surface area (Å²) in [4.78, 5) is 28.5. The molecule has 1 aromatic carbocycles. The van der Waals surface area contributed by atoms with Gasteiger partial charge in [0, 0.05) is 32.7 Å².